The Balaban J connectivity index is 1.50. The number of halogens is 3. The smallest absolute Gasteiger partial charge is 0.280 e. The van der Waals surface area contributed by atoms with E-state index in [-0.39, 0.29) is 29.0 Å². The molecule has 10 heteroatoms. The fourth-order valence-electron chi connectivity index (χ4n) is 3.24. The van der Waals surface area contributed by atoms with Gasteiger partial charge in [-0.05, 0) is 30.5 Å². The van der Waals surface area contributed by atoms with E-state index >= 15 is 0 Å². The maximum Gasteiger partial charge on any atom is 0.280 e. The first-order chi connectivity index (χ1) is 13.5. The van der Waals surface area contributed by atoms with Gasteiger partial charge in [-0.3, -0.25) is 19.8 Å². The van der Waals surface area contributed by atoms with Crippen molar-refractivity contribution in [1.29, 1.82) is 0 Å². The van der Waals surface area contributed by atoms with Crippen LogP contribution in [0, 0.1) is 11.7 Å². The number of nitrogens with one attached hydrogen (secondary N) is 1. The number of hydrogen-bond donors (Lipinski definition) is 1. The van der Waals surface area contributed by atoms with Crippen LogP contribution in [-0.2, 0) is 11.2 Å². The highest BCUT2D eigenvalue weighted by atomic mass is 19.3. The van der Waals surface area contributed by atoms with E-state index in [4.69, 9.17) is 0 Å². The molecule has 1 amide bonds. The molecule has 1 unspecified atom stereocenters. The fraction of sp³-hybridized carbons (Fsp3) is 0.278. The quantitative estimate of drug-likeness (QED) is 0.726. The van der Waals surface area contributed by atoms with Gasteiger partial charge >= 0.3 is 0 Å². The van der Waals surface area contributed by atoms with Gasteiger partial charge in [-0.1, -0.05) is 6.07 Å². The van der Waals surface area contributed by atoms with E-state index in [2.05, 4.69) is 25.4 Å². The highest BCUT2D eigenvalue weighted by Crippen LogP contribution is 2.32. The summed E-state index contributed by atoms with van der Waals surface area (Å²) in [6.45, 7) is 0.321. The van der Waals surface area contributed by atoms with Crippen LogP contribution in [0.1, 0.15) is 24.1 Å². The lowest BCUT2D eigenvalue weighted by molar-refractivity contribution is -0.120. The molecule has 144 valence electrons. The van der Waals surface area contributed by atoms with E-state index in [1.54, 1.807) is 6.07 Å². The summed E-state index contributed by atoms with van der Waals surface area (Å²) < 4.78 is 40.0. The monoisotopic (exact) mass is 388 g/mol. The molecule has 1 N–H and O–H groups in total. The molecule has 1 atom stereocenters. The SMILES string of the molecule is O=C1C(Cc2ccc(C(F)F)nc2)CCN1c1n[nH]c(-c2ccnnc2)c1F. The second kappa shape index (κ2) is 7.37. The Hall–Kier alpha value is -3.30. The fourth-order valence-corrected chi connectivity index (χ4v) is 3.24. The van der Waals surface area contributed by atoms with Crippen molar-refractivity contribution in [3.05, 3.63) is 53.9 Å². The number of hydrogen-bond acceptors (Lipinski definition) is 5. The summed E-state index contributed by atoms with van der Waals surface area (Å²) in [4.78, 5) is 17.7. The lowest BCUT2D eigenvalue weighted by atomic mass is 9.99. The number of rotatable bonds is 5. The Morgan fingerprint density at radius 1 is 1.21 bits per heavy atom. The predicted molar refractivity (Wildman–Crippen MR) is 92.9 cm³/mol. The van der Waals surface area contributed by atoms with E-state index in [1.807, 2.05) is 0 Å². The Labute approximate surface area is 157 Å². The van der Waals surface area contributed by atoms with Gasteiger partial charge in [0.25, 0.3) is 6.43 Å². The zero-order valence-corrected chi connectivity index (χ0v) is 14.5. The second-order valence-electron chi connectivity index (χ2n) is 6.44. The molecule has 3 aromatic heterocycles. The third-order valence-corrected chi connectivity index (χ3v) is 4.69. The first-order valence-corrected chi connectivity index (χ1v) is 8.60. The standard InChI is InChI=1S/C18H15F3N6O/c19-14-15(12-3-5-23-24-9-12)25-26-17(14)27-6-4-11(18(27)28)7-10-1-2-13(16(20)21)22-8-10/h1-3,5,8-9,11,16H,4,6-7H2,(H,25,26). The van der Waals surface area contributed by atoms with Gasteiger partial charge in [0.05, 0.1) is 12.4 Å². The first-order valence-electron chi connectivity index (χ1n) is 8.60. The van der Waals surface area contributed by atoms with Crippen LogP contribution in [-0.4, -0.2) is 37.8 Å². The number of nitrogens with zero attached hydrogens (tertiary/aromatic N) is 5. The van der Waals surface area contributed by atoms with Gasteiger partial charge in [0, 0.05) is 24.2 Å². The van der Waals surface area contributed by atoms with Crippen molar-refractivity contribution in [3.63, 3.8) is 0 Å². The van der Waals surface area contributed by atoms with Crippen LogP contribution in [0.3, 0.4) is 0 Å². The van der Waals surface area contributed by atoms with E-state index in [9.17, 15) is 18.0 Å². The number of pyridine rings is 1. The van der Waals surface area contributed by atoms with Crippen molar-refractivity contribution in [2.45, 2.75) is 19.3 Å². The molecule has 0 aliphatic carbocycles. The number of carbonyl (C=O) groups excluding carboxylic acids is 1. The molecule has 28 heavy (non-hydrogen) atoms. The Morgan fingerprint density at radius 2 is 2.07 bits per heavy atom. The normalized spacial score (nSPS) is 16.9. The summed E-state index contributed by atoms with van der Waals surface area (Å²) in [5, 5.41) is 13.9. The van der Waals surface area contributed by atoms with Crippen molar-refractivity contribution >= 4 is 11.7 Å². The van der Waals surface area contributed by atoms with Crippen LogP contribution in [0.5, 0.6) is 0 Å². The largest absolute Gasteiger partial charge is 0.293 e. The minimum atomic E-state index is -2.63. The molecule has 7 nitrogen and oxygen atoms in total. The molecule has 0 spiro atoms. The maximum absolute atomic E-state index is 14.8. The topological polar surface area (TPSA) is 87.7 Å². The zero-order chi connectivity index (χ0) is 19.7. The summed E-state index contributed by atoms with van der Waals surface area (Å²) in [6.07, 6.45) is 2.39. The average Bonchev–Trinajstić information content (AvgIpc) is 3.25. The zero-order valence-electron chi connectivity index (χ0n) is 14.5. The molecule has 0 aromatic carbocycles. The molecule has 4 heterocycles. The number of carbonyl (C=O) groups is 1. The molecule has 1 fully saturated rings. The Morgan fingerprint density at radius 3 is 2.75 bits per heavy atom. The van der Waals surface area contributed by atoms with E-state index < -0.39 is 12.2 Å². The van der Waals surface area contributed by atoms with Crippen LogP contribution < -0.4 is 4.90 Å². The molecule has 1 aliphatic rings. The average molecular weight is 388 g/mol. The van der Waals surface area contributed by atoms with Crippen molar-refractivity contribution in [3.8, 4) is 11.3 Å². The number of amides is 1. The van der Waals surface area contributed by atoms with Crippen molar-refractivity contribution in [2.75, 3.05) is 11.4 Å². The number of aromatic amines is 1. The van der Waals surface area contributed by atoms with Gasteiger partial charge in [0.15, 0.2) is 11.6 Å². The summed E-state index contributed by atoms with van der Waals surface area (Å²) >= 11 is 0. The lowest BCUT2D eigenvalue weighted by Crippen LogP contribution is -2.28. The predicted octanol–water partition coefficient (Wildman–Crippen LogP) is 2.93. The summed E-state index contributed by atoms with van der Waals surface area (Å²) in [5.41, 5.74) is 0.975. The maximum atomic E-state index is 14.8. The molecule has 3 aromatic rings. The van der Waals surface area contributed by atoms with Gasteiger partial charge in [-0.15, -0.1) is 0 Å². The van der Waals surface area contributed by atoms with Crippen LogP contribution >= 0.6 is 0 Å². The summed E-state index contributed by atoms with van der Waals surface area (Å²) in [5.74, 6) is -1.35. The number of anilines is 1. The molecule has 1 saturated heterocycles. The van der Waals surface area contributed by atoms with Crippen LogP contribution in [0.4, 0.5) is 19.0 Å². The van der Waals surface area contributed by atoms with Crippen LogP contribution in [0.2, 0.25) is 0 Å². The van der Waals surface area contributed by atoms with Gasteiger partial charge in [-0.2, -0.15) is 15.3 Å². The molecule has 0 saturated carbocycles. The molecule has 1 aliphatic heterocycles. The van der Waals surface area contributed by atoms with Gasteiger partial charge in [0.2, 0.25) is 5.91 Å². The Kier molecular flexibility index (Phi) is 4.76. The van der Waals surface area contributed by atoms with Gasteiger partial charge < -0.3 is 0 Å². The minimum absolute atomic E-state index is 0.0644. The van der Waals surface area contributed by atoms with Crippen LogP contribution in [0.15, 0.2) is 36.8 Å². The van der Waals surface area contributed by atoms with Crippen molar-refractivity contribution < 1.29 is 18.0 Å². The van der Waals surface area contributed by atoms with Crippen molar-refractivity contribution in [2.24, 2.45) is 5.92 Å². The Bertz CT molecular complexity index is 977. The lowest BCUT2D eigenvalue weighted by Gasteiger charge is -2.14. The van der Waals surface area contributed by atoms with Gasteiger partial charge in [-0.25, -0.2) is 13.2 Å². The third-order valence-electron chi connectivity index (χ3n) is 4.69. The summed E-state index contributed by atoms with van der Waals surface area (Å²) in [6, 6.07) is 4.37. The number of H-pyrrole nitrogens is 1. The molecular weight excluding hydrogens is 373 g/mol. The molecule has 0 radical (unpaired) electrons. The first kappa shape index (κ1) is 18.1. The second-order valence-corrected chi connectivity index (χ2v) is 6.44. The summed E-state index contributed by atoms with van der Waals surface area (Å²) in [7, 11) is 0. The highest BCUT2D eigenvalue weighted by Gasteiger charge is 2.36. The van der Waals surface area contributed by atoms with E-state index in [0.717, 1.165) is 0 Å². The van der Waals surface area contributed by atoms with E-state index in [1.165, 1.54) is 35.6 Å². The molecule has 0 bridgehead atoms. The minimum Gasteiger partial charge on any atom is -0.293 e. The van der Waals surface area contributed by atoms with E-state index in [0.29, 0.717) is 30.5 Å². The molecule has 4 rings (SSSR count). The third kappa shape index (κ3) is 3.32. The van der Waals surface area contributed by atoms with Crippen LogP contribution in [0.25, 0.3) is 11.3 Å². The number of aromatic nitrogens is 5. The highest BCUT2D eigenvalue weighted by molar-refractivity contribution is 5.97. The van der Waals surface area contributed by atoms with Gasteiger partial charge in [0.1, 0.15) is 11.4 Å². The number of alkyl halides is 2. The van der Waals surface area contributed by atoms with Crippen molar-refractivity contribution in [1.82, 2.24) is 25.4 Å². The molecular formula is C18H15F3N6O.